The van der Waals surface area contributed by atoms with Crippen LogP contribution in [0.5, 0.6) is 5.75 Å². The highest BCUT2D eigenvalue weighted by Crippen LogP contribution is 2.30. The lowest BCUT2D eigenvalue weighted by molar-refractivity contribution is -0.143. The minimum atomic E-state index is -0.930. The zero-order chi connectivity index (χ0) is 15.7. The first-order valence-electron chi connectivity index (χ1n) is 7.14. The van der Waals surface area contributed by atoms with Gasteiger partial charge >= 0.3 is 5.97 Å². The van der Waals surface area contributed by atoms with E-state index in [9.17, 15) is 9.90 Å². The van der Waals surface area contributed by atoms with Crippen molar-refractivity contribution in [1.29, 1.82) is 0 Å². The second kappa shape index (κ2) is 9.05. The zero-order valence-electron chi connectivity index (χ0n) is 12.6. The summed E-state index contributed by atoms with van der Waals surface area (Å²) in [6.07, 6.45) is 2.45. The Bertz CT molecular complexity index is 432. The van der Waals surface area contributed by atoms with Crippen LogP contribution in [-0.4, -0.2) is 30.1 Å². The summed E-state index contributed by atoms with van der Waals surface area (Å²) < 4.78 is 10.0. The lowest BCUT2D eigenvalue weighted by atomic mass is 9.90. The smallest absolute Gasteiger partial charge is 0.305 e. The summed E-state index contributed by atoms with van der Waals surface area (Å²) in [6.45, 7) is 2.21. The van der Waals surface area contributed by atoms with Crippen molar-refractivity contribution in [2.24, 2.45) is 0 Å². The van der Waals surface area contributed by atoms with Gasteiger partial charge in [-0.3, -0.25) is 4.79 Å². The Morgan fingerprint density at radius 3 is 2.48 bits per heavy atom. The quantitative estimate of drug-likeness (QED) is 0.417. The predicted octanol–water partition coefficient (Wildman–Crippen LogP) is 3.40. The fourth-order valence-corrected chi connectivity index (χ4v) is 2.71. The third-order valence-electron chi connectivity index (χ3n) is 3.38. The molecule has 1 aromatic rings. The molecule has 0 bridgehead atoms. The van der Waals surface area contributed by atoms with Crippen LogP contribution in [0.1, 0.15) is 38.2 Å². The SMILES string of the molecule is CCOC(=O)CCCCC(O)(CBr)c1ccc(OC)cc1. The van der Waals surface area contributed by atoms with Crippen molar-refractivity contribution in [1.82, 2.24) is 0 Å². The molecule has 0 saturated heterocycles. The summed E-state index contributed by atoms with van der Waals surface area (Å²) in [5.41, 5.74) is -0.0858. The van der Waals surface area contributed by atoms with Gasteiger partial charge in [-0.1, -0.05) is 28.1 Å². The van der Waals surface area contributed by atoms with Crippen molar-refractivity contribution in [3.8, 4) is 5.75 Å². The molecule has 1 N–H and O–H groups in total. The number of esters is 1. The van der Waals surface area contributed by atoms with Gasteiger partial charge in [0, 0.05) is 11.8 Å². The van der Waals surface area contributed by atoms with Gasteiger partial charge in [0.1, 0.15) is 5.75 Å². The number of benzene rings is 1. The number of methoxy groups -OCH3 is 1. The van der Waals surface area contributed by atoms with Crippen LogP contribution in [0, 0.1) is 0 Å². The predicted molar refractivity (Wildman–Crippen MR) is 85.8 cm³/mol. The summed E-state index contributed by atoms with van der Waals surface area (Å²) >= 11 is 3.38. The fourth-order valence-electron chi connectivity index (χ4n) is 2.11. The van der Waals surface area contributed by atoms with E-state index < -0.39 is 5.60 Å². The maximum Gasteiger partial charge on any atom is 0.305 e. The first-order chi connectivity index (χ1) is 10.1. The van der Waals surface area contributed by atoms with Crippen molar-refractivity contribution >= 4 is 21.9 Å². The van der Waals surface area contributed by atoms with Gasteiger partial charge in [0.25, 0.3) is 0 Å². The molecule has 0 spiro atoms. The Labute approximate surface area is 134 Å². The number of aliphatic hydroxyl groups is 1. The van der Waals surface area contributed by atoms with E-state index in [0.29, 0.717) is 31.2 Å². The molecule has 21 heavy (non-hydrogen) atoms. The average Bonchev–Trinajstić information content (AvgIpc) is 2.51. The minimum Gasteiger partial charge on any atom is -0.497 e. The molecule has 4 nitrogen and oxygen atoms in total. The third-order valence-corrected chi connectivity index (χ3v) is 4.30. The Kier molecular flexibility index (Phi) is 7.75. The van der Waals surface area contributed by atoms with Crippen molar-refractivity contribution in [3.05, 3.63) is 29.8 Å². The van der Waals surface area contributed by atoms with Gasteiger partial charge in [-0.25, -0.2) is 0 Å². The van der Waals surface area contributed by atoms with E-state index in [1.807, 2.05) is 24.3 Å². The van der Waals surface area contributed by atoms with E-state index in [2.05, 4.69) is 15.9 Å². The number of unbranched alkanes of at least 4 members (excludes halogenated alkanes) is 1. The van der Waals surface area contributed by atoms with E-state index in [1.54, 1.807) is 14.0 Å². The van der Waals surface area contributed by atoms with E-state index in [4.69, 9.17) is 9.47 Å². The summed E-state index contributed by atoms with van der Waals surface area (Å²) in [6, 6.07) is 7.40. The van der Waals surface area contributed by atoms with Crippen LogP contribution in [0.4, 0.5) is 0 Å². The van der Waals surface area contributed by atoms with Gasteiger partial charge in [0.05, 0.1) is 19.3 Å². The van der Waals surface area contributed by atoms with E-state index >= 15 is 0 Å². The summed E-state index contributed by atoms with van der Waals surface area (Å²) in [5.74, 6) is 0.585. The molecule has 1 atom stereocenters. The first-order valence-corrected chi connectivity index (χ1v) is 8.26. The molecule has 0 aliphatic heterocycles. The number of alkyl halides is 1. The van der Waals surface area contributed by atoms with Crippen LogP contribution < -0.4 is 4.74 Å². The van der Waals surface area contributed by atoms with Gasteiger partial charge in [-0.15, -0.1) is 0 Å². The molecule has 1 unspecified atom stereocenters. The van der Waals surface area contributed by atoms with Crippen LogP contribution in [0.3, 0.4) is 0 Å². The highest BCUT2D eigenvalue weighted by atomic mass is 79.9. The highest BCUT2D eigenvalue weighted by Gasteiger charge is 2.27. The molecule has 1 rings (SSSR count). The van der Waals surface area contributed by atoms with Gasteiger partial charge in [0.15, 0.2) is 0 Å². The standard InChI is InChI=1S/C16H23BrO4/c1-3-21-15(18)6-4-5-11-16(19,12-17)13-7-9-14(20-2)10-8-13/h7-10,19H,3-6,11-12H2,1-2H3. The van der Waals surface area contributed by atoms with E-state index in [0.717, 1.165) is 17.7 Å². The molecule has 0 radical (unpaired) electrons. The van der Waals surface area contributed by atoms with Gasteiger partial charge < -0.3 is 14.6 Å². The second-order valence-electron chi connectivity index (χ2n) is 4.91. The Morgan fingerprint density at radius 2 is 1.95 bits per heavy atom. The summed E-state index contributed by atoms with van der Waals surface area (Å²) in [4.78, 5) is 11.3. The normalized spacial score (nSPS) is 13.5. The van der Waals surface area contributed by atoms with Crippen molar-refractivity contribution < 1.29 is 19.4 Å². The van der Waals surface area contributed by atoms with Gasteiger partial charge in [0.2, 0.25) is 0 Å². The number of carbonyl (C=O) groups excluding carboxylic acids is 1. The number of carbonyl (C=O) groups is 1. The van der Waals surface area contributed by atoms with Crippen molar-refractivity contribution in [3.63, 3.8) is 0 Å². The molecule has 0 amide bonds. The molecule has 0 heterocycles. The first kappa shape index (κ1) is 18.0. The molecule has 1 aromatic carbocycles. The van der Waals surface area contributed by atoms with Crippen LogP contribution in [0.15, 0.2) is 24.3 Å². The van der Waals surface area contributed by atoms with Crippen LogP contribution >= 0.6 is 15.9 Å². The third kappa shape index (κ3) is 5.67. The minimum absolute atomic E-state index is 0.177. The molecule has 0 fully saturated rings. The topological polar surface area (TPSA) is 55.8 Å². The van der Waals surface area contributed by atoms with Crippen molar-refractivity contribution in [2.45, 2.75) is 38.2 Å². The van der Waals surface area contributed by atoms with E-state index in [1.165, 1.54) is 0 Å². The van der Waals surface area contributed by atoms with Gasteiger partial charge in [-0.05, 0) is 43.9 Å². The number of rotatable bonds is 9. The number of hydrogen-bond acceptors (Lipinski definition) is 4. The lowest BCUT2D eigenvalue weighted by Gasteiger charge is -2.26. The van der Waals surface area contributed by atoms with Gasteiger partial charge in [-0.2, -0.15) is 0 Å². The Balaban J connectivity index is 2.53. The Morgan fingerprint density at radius 1 is 1.29 bits per heavy atom. The van der Waals surface area contributed by atoms with Crippen LogP contribution in [0.2, 0.25) is 0 Å². The number of hydrogen-bond donors (Lipinski definition) is 1. The van der Waals surface area contributed by atoms with Crippen LogP contribution in [-0.2, 0) is 15.1 Å². The second-order valence-corrected chi connectivity index (χ2v) is 5.47. The molecular formula is C16H23BrO4. The molecule has 118 valence electrons. The van der Waals surface area contributed by atoms with E-state index in [-0.39, 0.29) is 5.97 Å². The largest absolute Gasteiger partial charge is 0.497 e. The Hall–Kier alpha value is -1.07. The number of halogens is 1. The average molecular weight is 359 g/mol. The summed E-state index contributed by atoms with van der Waals surface area (Å²) in [7, 11) is 1.61. The lowest BCUT2D eigenvalue weighted by Crippen LogP contribution is -2.27. The molecule has 0 aliphatic rings. The molecule has 0 saturated carbocycles. The molecule has 0 aliphatic carbocycles. The molecule has 5 heteroatoms. The number of ether oxygens (including phenoxy) is 2. The molecular weight excluding hydrogens is 336 g/mol. The fraction of sp³-hybridized carbons (Fsp3) is 0.562. The summed E-state index contributed by atoms with van der Waals surface area (Å²) in [5, 5.41) is 11.2. The van der Waals surface area contributed by atoms with Crippen LogP contribution in [0.25, 0.3) is 0 Å². The zero-order valence-corrected chi connectivity index (χ0v) is 14.2. The monoisotopic (exact) mass is 358 g/mol. The maximum absolute atomic E-state index is 11.3. The maximum atomic E-state index is 11.3. The van der Waals surface area contributed by atoms with Crippen molar-refractivity contribution in [2.75, 3.05) is 19.0 Å². The highest BCUT2D eigenvalue weighted by molar-refractivity contribution is 9.09. The molecule has 0 aromatic heterocycles.